The number of hydrogen-bond donors (Lipinski definition) is 14. The fourth-order valence-corrected chi connectivity index (χ4v) is 8.35. The predicted molar refractivity (Wildman–Crippen MR) is 291 cm³/mol. The maximum atomic E-state index is 14.6. The van der Waals surface area contributed by atoms with Crippen LogP contribution in [0, 0.1) is 5.92 Å². The number of hydrogen-bond acceptors (Lipinski definition) is 13. The molecule has 26 heteroatoms. The van der Waals surface area contributed by atoms with Gasteiger partial charge in [-0.2, -0.15) is 0 Å². The van der Waals surface area contributed by atoms with Gasteiger partial charge in [-0.15, -0.1) is 0 Å². The second-order valence-electron chi connectivity index (χ2n) is 19.5. The number of phenolic OH excluding ortho intramolecular Hbond substituents is 1. The van der Waals surface area contributed by atoms with Crippen LogP contribution in [0.15, 0.2) is 64.6 Å². The number of nitrogens with two attached hydrogens (primary N) is 5. The number of nitrogens with one attached hydrogen (secondary N) is 7. The number of carbonyl (C=O) groups is 9. The zero-order chi connectivity index (χ0) is 57.6. The molecule has 6 atom stereocenters. The lowest BCUT2D eigenvalue weighted by atomic mass is 10.0. The van der Waals surface area contributed by atoms with Gasteiger partial charge < -0.3 is 81.0 Å². The maximum Gasteiger partial charge on any atom is 0.248 e. The molecule has 1 saturated heterocycles. The molecule has 78 heavy (non-hydrogen) atoms. The molecule has 0 bridgehead atoms. The highest BCUT2D eigenvalue weighted by Crippen LogP contribution is 2.14. The van der Waals surface area contributed by atoms with E-state index in [0.717, 1.165) is 4.90 Å². The van der Waals surface area contributed by atoms with Gasteiger partial charge in [-0.1, -0.05) is 69.2 Å². The number of benzene rings is 2. The highest BCUT2D eigenvalue weighted by molar-refractivity contribution is 5.97. The van der Waals surface area contributed by atoms with Gasteiger partial charge in [0, 0.05) is 51.9 Å². The molecule has 9 amide bonds. The lowest BCUT2D eigenvalue weighted by molar-refractivity contribution is -0.141. The van der Waals surface area contributed by atoms with Crippen LogP contribution in [0.1, 0.15) is 102 Å². The van der Waals surface area contributed by atoms with Crippen molar-refractivity contribution in [2.45, 2.75) is 140 Å². The number of aliphatic hydroxyl groups excluding tert-OH is 1. The van der Waals surface area contributed by atoms with Crippen molar-refractivity contribution < 1.29 is 53.4 Å². The molecule has 2 aromatic rings. The van der Waals surface area contributed by atoms with E-state index in [-0.39, 0.29) is 113 Å². The fraction of sp³-hybridized carbons (Fsp3) is 0.558. The molecule has 0 unspecified atom stereocenters. The fourth-order valence-electron chi connectivity index (χ4n) is 8.35. The van der Waals surface area contributed by atoms with Crippen LogP contribution < -0.4 is 65.9 Å². The summed E-state index contributed by atoms with van der Waals surface area (Å²) in [7, 11) is 0. The van der Waals surface area contributed by atoms with Crippen molar-refractivity contribution in [3.8, 4) is 5.75 Å². The van der Waals surface area contributed by atoms with Crippen molar-refractivity contribution in [1.82, 2.24) is 42.1 Å². The average molecular weight is 1090 g/mol. The molecule has 1 heterocycles. The molecule has 0 saturated carbocycles. The SMILES string of the molecule is CC(C)C[C@H](NC(=O)[C@H](CCCN=C(N)N)NC(=O)CN1CCCCCCNC(=O)CCCC(=O)N[C@@H](CCCN=C(N)N)C(=O)N[C@@H](Cc2ccc(O)cc2)C(=O)N[C@@H](Cc2ccccc2)C(=O)N[C@@H](CO)C1=O)C(N)=O. The van der Waals surface area contributed by atoms with E-state index >= 15 is 0 Å². The number of guanidine groups is 2. The van der Waals surface area contributed by atoms with Crippen molar-refractivity contribution in [3.05, 3.63) is 65.7 Å². The lowest BCUT2D eigenvalue weighted by Gasteiger charge is -2.29. The van der Waals surface area contributed by atoms with E-state index in [2.05, 4.69) is 47.2 Å². The molecule has 0 spiro atoms. The van der Waals surface area contributed by atoms with Gasteiger partial charge in [0.2, 0.25) is 53.2 Å². The van der Waals surface area contributed by atoms with Crippen molar-refractivity contribution in [2.75, 3.05) is 39.3 Å². The Balaban J connectivity index is 2.05. The van der Waals surface area contributed by atoms with E-state index in [4.69, 9.17) is 28.7 Å². The first-order valence-electron chi connectivity index (χ1n) is 26.3. The Labute approximate surface area is 454 Å². The molecule has 19 N–H and O–H groups in total. The summed E-state index contributed by atoms with van der Waals surface area (Å²) >= 11 is 0. The van der Waals surface area contributed by atoms with Gasteiger partial charge in [-0.05, 0) is 80.5 Å². The minimum Gasteiger partial charge on any atom is -0.508 e. The average Bonchev–Trinajstić information content (AvgIpc) is 3.38. The van der Waals surface area contributed by atoms with Crippen LogP contribution in [0.4, 0.5) is 0 Å². The second kappa shape index (κ2) is 34.6. The lowest BCUT2D eigenvalue weighted by Crippen LogP contribution is -2.60. The second-order valence-corrected chi connectivity index (χ2v) is 19.5. The van der Waals surface area contributed by atoms with Gasteiger partial charge in [-0.25, -0.2) is 0 Å². The summed E-state index contributed by atoms with van der Waals surface area (Å²) in [6.07, 6.45) is 2.39. The Hall–Kier alpha value is -8.03. The molecular formula is C52H81N15O11. The van der Waals surface area contributed by atoms with E-state index in [0.29, 0.717) is 43.4 Å². The Morgan fingerprint density at radius 1 is 0.667 bits per heavy atom. The molecule has 1 aliphatic heterocycles. The Bertz CT molecular complexity index is 2350. The van der Waals surface area contributed by atoms with Gasteiger partial charge in [-0.3, -0.25) is 53.1 Å². The van der Waals surface area contributed by atoms with Crippen LogP contribution >= 0.6 is 0 Å². The number of aromatic hydroxyl groups is 1. The van der Waals surface area contributed by atoms with Crippen molar-refractivity contribution in [1.29, 1.82) is 0 Å². The monoisotopic (exact) mass is 1090 g/mol. The van der Waals surface area contributed by atoms with E-state index in [1.54, 1.807) is 30.3 Å². The van der Waals surface area contributed by atoms with E-state index < -0.39 is 96.7 Å². The minimum absolute atomic E-state index is 0.00557. The summed E-state index contributed by atoms with van der Waals surface area (Å²) in [5.41, 5.74) is 28.6. The molecule has 0 aromatic heterocycles. The Morgan fingerprint density at radius 2 is 1.23 bits per heavy atom. The summed E-state index contributed by atoms with van der Waals surface area (Å²) in [6, 6.07) is 6.35. The standard InChI is InChI=1S/C52H81N15O11/c1-32(2)27-38(45(53)73)63-46(74)37(16-12-25-60-52(56)57)62-44(72)30-67-26-9-4-3-8-23-58-42(70)17-10-18-43(71)61-36(15-11-24-59-51(54)55)47(75)64-40(29-34-19-21-35(69)22-20-34)48(76)65-39(28-33-13-6-5-7-14-33)49(77)66-41(31-68)50(67)78/h5-7,13-14,19-22,32,36-41,68-69H,3-4,8-12,15-18,23-31H2,1-2H3,(H2,53,73)(H,58,70)(H,61,71)(H,62,72)(H,63,74)(H,64,75)(H,65,76)(H,66,77)(H4,54,55,59)(H4,56,57,60)/t36-,37-,38-,39-,40-,41-/m0/s1. The third-order valence-corrected chi connectivity index (χ3v) is 12.4. The third-order valence-electron chi connectivity index (χ3n) is 12.4. The smallest absolute Gasteiger partial charge is 0.248 e. The zero-order valence-electron chi connectivity index (χ0n) is 44.7. The summed E-state index contributed by atoms with van der Waals surface area (Å²) < 4.78 is 0. The molecule has 2 aromatic carbocycles. The number of phenols is 1. The zero-order valence-corrected chi connectivity index (χ0v) is 44.7. The van der Waals surface area contributed by atoms with E-state index in [1.165, 1.54) is 24.3 Å². The predicted octanol–water partition coefficient (Wildman–Crippen LogP) is -2.59. The van der Waals surface area contributed by atoms with Crippen LogP contribution in [-0.2, 0) is 56.0 Å². The first kappa shape index (κ1) is 64.3. The number of nitrogens with zero attached hydrogens (tertiary/aromatic N) is 3. The highest BCUT2D eigenvalue weighted by atomic mass is 16.3. The Kier molecular flexibility index (Phi) is 28.5. The van der Waals surface area contributed by atoms with Crippen LogP contribution in [0.3, 0.4) is 0 Å². The Morgan fingerprint density at radius 3 is 1.82 bits per heavy atom. The maximum absolute atomic E-state index is 14.6. The highest BCUT2D eigenvalue weighted by Gasteiger charge is 2.34. The molecule has 1 fully saturated rings. The number of amides is 9. The first-order valence-corrected chi connectivity index (χ1v) is 26.3. The van der Waals surface area contributed by atoms with Gasteiger partial charge in [0.05, 0.1) is 13.2 Å². The molecular weight excluding hydrogens is 1010 g/mol. The number of rotatable bonds is 21. The van der Waals surface area contributed by atoms with Gasteiger partial charge in [0.1, 0.15) is 42.0 Å². The van der Waals surface area contributed by atoms with Crippen molar-refractivity contribution >= 4 is 65.1 Å². The van der Waals surface area contributed by atoms with Gasteiger partial charge >= 0.3 is 0 Å². The van der Waals surface area contributed by atoms with Gasteiger partial charge in [0.15, 0.2) is 11.9 Å². The van der Waals surface area contributed by atoms with Crippen LogP contribution in [0.2, 0.25) is 0 Å². The molecule has 430 valence electrons. The van der Waals surface area contributed by atoms with Crippen molar-refractivity contribution in [2.24, 2.45) is 44.6 Å². The van der Waals surface area contributed by atoms with Crippen molar-refractivity contribution in [3.63, 3.8) is 0 Å². The summed E-state index contributed by atoms with van der Waals surface area (Å²) in [5.74, 6) is -7.04. The number of aliphatic imine (C=N–C) groups is 2. The van der Waals surface area contributed by atoms with Crippen LogP contribution in [0.25, 0.3) is 0 Å². The molecule has 1 aliphatic rings. The van der Waals surface area contributed by atoms with Gasteiger partial charge in [0.25, 0.3) is 0 Å². The van der Waals surface area contributed by atoms with Crippen LogP contribution in [-0.4, -0.2) is 156 Å². The topological polar surface area (TPSA) is 436 Å². The largest absolute Gasteiger partial charge is 0.508 e. The molecule has 26 nitrogen and oxygen atoms in total. The quantitative estimate of drug-likeness (QED) is 0.0347. The third kappa shape index (κ3) is 25.2. The van der Waals surface area contributed by atoms with E-state index in [1.807, 2.05) is 13.8 Å². The molecule has 0 aliphatic carbocycles. The normalized spacial score (nSPS) is 19.7. The number of primary amides is 1. The molecule has 3 rings (SSSR count). The number of carbonyl (C=O) groups excluding carboxylic acids is 9. The van der Waals surface area contributed by atoms with E-state index in [9.17, 15) is 53.4 Å². The van der Waals surface area contributed by atoms with Crippen LogP contribution in [0.5, 0.6) is 5.75 Å². The minimum atomic E-state index is -1.67. The summed E-state index contributed by atoms with van der Waals surface area (Å²) in [4.78, 5) is 133. The summed E-state index contributed by atoms with van der Waals surface area (Å²) in [5, 5.41) is 39.5. The number of aliphatic hydroxyl groups is 1. The summed E-state index contributed by atoms with van der Waals surface area (Å²) in [6.45, 7) is 2.51. The molecule has 0 radical (unpaired) electrons. The first-order chi connectivity index (χ1) is 37.1.